The van der Waals surface area contributed by atoms with E-state index in [9.17, 15) is 4.79 Å². The zero-order valence-electron chi connectivity index (χ0n) is 21.0. The second kappa shape index (κ2) is 10.6. The lowest BCUT2D eigenvalue weighted by molar-refractivity contribution is -0.121. The van der Waals surface area contributed by atoms with Crippen molar-refractivity contribution in [2.45, 2.75) is 53.2 Å². The lowest BCUT2D eigenvalue weighted by Crippen LogP contribution is -2.23. The molecule has 0 saturated carbocycles. The smallest absolute Gasteiger partial charge is 0.220 e. The van der Waals surface area contributed by atoms with E-state index in [2.05, 4.69) is 5.32 Å². The Morgan fingerprint density at radius 3 is 2.43 bits per heavy atom. The van der Waals surface area contributed by atoms with Gasteiger partial charge in [-0.15, -0.1) is 0 Å². The summed E-state index contributed by atoms with van der Waals surface area (Å²) in [6.45, 7) is 8.49. The van der Waals surface area contributed by atoms with Gasteiger partial charge in [0, 0.05) is 23.9 Å². The fraction of sp³-hybridized carbons (Fsp3) is 0.321. The molecule has 4 aromatic rings. The predicted molar refractivity (Wildman–Crippen MR) is 137 cm³/mol. The number of aryl methyl sites for hydroxylation is 2. The van der Waals surface area contributed by atoms with Crippen LogP contribution in [0.1, 0.15) is 42.7 Å². The van der Waals surface area contributed by atoms with E-state index in [4.69, 9.17) is 19.6 Å². The van der Waals surface area contributed by atoms with E-state index < -0.39 is 0 Å². The number of aromatic nitrogens is 3. The van der Waals surface area contributed by atoms with Gasteiger partial charge in [0.25, 0.3) is 0 Å². The van der Waals surface area contributed by atoms with E-state index in [0.717, 1.165) is 44.9 Å². The Labute approximate surface area is 206 Å². The minimum atomic E-state index is -0.0224. The highest BCUT2D eigenvalue weighted by Crippen LogP contribution is 2.31. The average molecular weight is 473 g/mol. The maximum atomic E-state index is 12.6. The highest BCUT2D eigenvalue weighted by molar-refractivity contribution is 5.86. The molecule has 2 heterocycles. The van der Waals surface area contributed by atoms with Crippen molar-refractivity contribution in [1.82, 2.24) is 20.1 Å². The maximum Gasteiger partial charge on any atom is 0.220 e. The zero-order chi connectivity index (χ0) is 24.9. The molecule has 4 rings (SSSR count). The number of benzene rings is 2. The first kappa shape index (κ1) is 24.3. The van der Waals surface area contributed by atoms with Gasteiger partial charge in [0.1, 0.15) is 5.75 Å². The summed E-state index contributed by atoms with van der Waals surface area (Å²) < 4.78 is 13.1. The predicted octanol–water partition coefficient (Wildman–Crippen LogP) is 5.08. The third-order valence-electron chi connectivity index (χ3n) is 5.91. The molecule has 2 aromatic heterocycles. The number of amides is 1. The van der Waals surface area contributed by atoms with E-state index in [0.29, 0.717) is 25.3 Å². The molecule has 0 saturated heterocycles. The van der Waals surface area contributed by atoms with Gasteiger partial charge in [-0.05, 0) is 69.5 Å². The fourth-order valence-electron chi connectivity index (χ4n) is 4.23. The van der Waals surface area contributed by atoms with Crippen LogP contribution in [0, 0.1) is 13.8 Å². The second-order valence-electron chi connectivity index (χ2n) is 8.84. The molecule has 35 heavy (non-hydrogen) atoms. The molecule has 0 unspecified atom stereocenters. The molecule has 7 nitrogen and oxygen atoms in total. The molecular weight excluding hydrogens is 440 g/mol. The first-order valence-electron chi connectivity index (χ1n) is 11.9. The number of hydrogen-bond donors (Lipinski definition) is 1. The van der Waals surface area contributed by atoms with Gasteiger partial charge in [-0.3, -0.25) is 4.79 Å². The largest absolute Gasteiger partial charge is 0.491 e. The van der Waals surface area contributed by atoms with Gasteiger partial charge in [-0.25, -0.2) is 4.68 Å². The average Bonchev–Trinajstić information content (AvgIpc) is 3.19. The Morgan fingerprint density at radius 1 is 1.06 bits per heavy atom. The summed E-state index contributed by atoms with van der Waals surface area (Å²) in [7, 11) is 1.61. The number of fused-ring (bicyclic) bond motifs is 1. The van der Waals surface area contributed by atoms with E-state index in [1.807, 2.05) is 87.0 Å². The van der Waals surface area contributed by atoms with Crippen LogP contribution in [-0.4, -0.2) is 33.9 Å². The number of rotatable bonds is 9. The number of nitrogens with zero attached hydrogens (tertiary/aromatic N) is 3. The number of hydrogen-bond acceptors (Lipinski definition) is 5. The molecule has 0 aliphatic rings. The molecule has 0 fully saturated rings. The van der Waals surface area contributed by atoms with Crippen LogP contribution >= 0.6 is 0 Å². The van der Waals surface area contributed by atoms with E-state index >= 15 is 0 Å². The summed E-state index contributed by atoms with van der Waals surface area (Å²) in [5, 5.41) is 8.73. The first-order chi connectivity index (χ1) is 16.9. The van der Waals surface area contributed by atoms with Crippen LogP contribution in [-0.2, 0) is 17.8 Å². The molecule has 0 aliphatic carbocycles. The Bertz CT molecular complexity index is 1310. The fourth-order valence-corrected chi connectivity index (χ4v) is 4.23. The second-order valence-corrected chi connectivity index (χ2v) is 8.84. The topological polar surface area (TPSA) is 78.3 Å². The Hall–Kier alpha value is -3.87. The Balaban J connectivity index is 1.47. The molecule has 182 valence electrons. The highest BCUT2D eigenvalue weighted by atomic mass is 16.5. The SMILES string of the molecule is COc1nc2c(c(C)nn2-c2ccccc2)c(C)c1CCC(=O)NCc1ccc(OC(C)C)cc1. The molecule has 0 bridgehead atoms. The third-order valence-corrected chi connectivity index (χ3v) is 5.91. The summed E-state index contributed by atoms with van der Waals surface area (Å²) in [4.78, 5) is 17.4. The maximum absolute atomic E-state index is 12.6. The summed E-state index contributed by atoms with van der Waals surface area (Å²) in [5.74, 6) is 1.33. The third kappa shape index (κ3) is 5.45. The van der Waals surface area contributed by atoms with Crippen molar-refractivity contribution in [3.05, 3.63) is 77.0 Å². The molecule has 0 atom stereocenters. The number of para-hydroxylation sites is 1. The van der Waals surface area contributed by atoms with Crippen LogP contribution in [0.2, 0.25) is 0 Å². The lowest BCUT2D eigenvalue weighted by Gasteiger charge is -2.13. The van der Waals surface area contributed by atoms with Crippen LogP contribution in [0.15, 0.2) is 54.6 Å². The van der Waals surface area contributed by atoms with Gasteiger partial charge in [0.05, 0.1) is 24.6 Å². The van der Waals surface area contributed by atoms with Crippen LogP contribution in [0.25, 0.3) is 16.7 Å². The molecule has 7 heteroatoms. The summed E-state index contributed by atoms with van der Waals surface area (Å²) >= 11 is 0. The minimum absolute atomic E-state index is 0.0224. The van der Waals surface area contributed by atoms with Crippen molar-refractivity contribution >= 4 is 16.9 Å². The molecule has 1 amide bonds. The molecular formula is C28H32N4O3. The van der Waals surface area contributed by atoms with E-state index in [1.165, 1.54) is 0 Å². The van der Waals surface area contributed by atoms with Gasteiger partial charge in [0.15, 0.2) is 5.65 Å². The molecule has 2 aromatic carbocycles. The number of carbonyl (C=O) groups is 1. The van der Waals surface area contributed by atoms with Crippen molar-refractivity contribution in [3.8, 4) is 17.3 Å². The van der Waals surface area contributed by atoms with Crippen LogP contribution < -0.4 is 14.8 Å². The van der Waals surface area contributed by atoms with Crippen molar-refractivity contribution < 1.29 is 14.3 Å². The lowest BCUT2D eigenvalue weighted by atomic mass is 10.0. The molecule has 0 spiro atoms. The van der Waals surface area contributed by atoms with Gasteiger partial charge < -0.3 is 14.8 Å². The quantitative estimate of drug-likeness (QED) is 0.367. The van der Waals surface area contributed by atoms with Crippen LogP contribution in [0.5, 0.6) is 11.6 Å². The standard InChI is InChI=1S/C28H32N4O3/c1-18(2)35-23-13-11-21(12-14-23)17-29-25(33)16-15-24-19(3)26-20(4)31-32(22-9-7-6-8-10-22)27(26)30-28(24)34-5/h6-14,18H,15-17H2,1-5H3,(H,29,33). The number of nitrogens with one attached hydrogen (secondary N) is 1. The van der Waals surface area contributed by atoms with E-state index in [-0.39, 0.29) is 12.0 Å². The van der Waals surface area contributed by atoms with Crippen molar-refractivity contribution in [3.63, 3.8) is 0 Å². The molecule has 0 radical (unpaired) electrons. The van der Waals surface area contributed by atoms with Crippen molar-refractivity contribution in [2.24, 2.45) is 0 Å². The van der Waals surface area contributed by atoms with Gasteiger partial charge >= 0.3 is 0 Å². The summed E-state index contributed by atoms with van der Waals surface area (Å²) in [5.41, 5.74) is 5.58. The minimum Gasteiger partial charge on any atom is -0.491 e. The number of pyridine rings is 1. The monoisotopic (exact) mass is 472 g/mol. The zero-order valence-corrected chi connectivity index (χ0v) is 21.0. The number of methoxy groups -OCH3 is 1. The number of ether oxygens (including phenoxy) is 2. The molecule has 0 aliphatic heterocycles. The summed E-state index contributed by atoms with van der Waals surface area (Å²) in [6, 6.07) is 17.7. The van der Waals surface area contributed by atoms with Crippen molar-refractivity contribution in [1.29, 1.82) is 0 Å². The van der Waals surface area contributed by atoms with Crippen molar-refractivity contribution in [2.75, 3.05) is 7.11 Å². The molecule has 1 N–H and O–H groups in total. The Morgan fingerprint density at radius 2 is 1.77 bits per heavy atom. The highest BCUT2D eigenvalue weighted by Gasteiger charge is 2.20. The van der Waals surface area contributed by atoms with Gasteiger partial charge in [0.2, 0.25) is 11.8 Å². The Kier molecular flexibility index (Phi) is 7.34. The number of carbonyl (C=O) groups excluding carboxylic acids is 1. The van der Waals surface area contributed by atoms with Gasteiger partial charge in [-0.1, -0.05) is 30.3 Å². The summed E-state index contributed by atoms with van der Waals surface area (Å²) in [6.07, 6.45) is 0.997. The van der Waals surface area contributed by atoms with Gasteiger partial charge in [-0.2, -0.15) is 10.1 Å². The van der Waals surface area contributed by atoms with E-state index in [1.54, 1.807) is 7.11 Å². The van der Waals surface area contributed by atoms with Crippen LogP contribution in [0.3, 0.4) is 0 Å². The normalized spacial score (nSPS) is 11.1. The van der Waals surface area contributed by atoms with Crippen LogP contribution in [0.4, 0.5) is 0 Å². The first-order valence-corrected chi connectivity index (χ1v) is 11.9.